The number of halogens is 1. The predicted octanol–water partition coefficient (Wildman–Crippen LogP) is 1.38. The Hall–Kier alpha value is -0.190. The molecule has 0 rings (SSSR count). The molecular formula is C7H14ClN. The predicted molar refractivity (Wildman–Crippen MR) is 43.9 cm³/mol. The highest BCUT2D eigenvalue weighted by Crippen LogP contribution is 1.81. The summed E-state index contributed by atoms with van der Waals surface area (Å²) in [4.78, 5) is 2.19. The van der Waals surface area contributed by atoms with E-state index in [0.29, 0.717) is 0 Å². The molecule has 0 aromatic carbocycles. The summed E-state index contributed by atoms with van der Waals surface area (Å²) in [6, 6.07) is 0. The second-order valence-corrected chi connectivity index (χ2v) is 1.67. The highest BCUT2D eigenvalue weighted by Gasteiger charge is 1.91. The lowest BCUT2D eigenvalue weighted by Crippen LogP contribution is -2.22. The first-order valence-electron chi connectivity index (χ1n) is 3.01. The lowest BCUT2D eigenvalue weighted by molar-refractivity contribution is 0.342. The van der Waals surface area contributed by atoms with Crippen LogP contribution in [0.15, 0.2) is 0 Å². The molecule has 2 heteroatoms. The van der Waals surface area contributed by atoms with Crippen molar-refractivity contribution in [2.45, 2.75) is 13.8 Å². The van der Waals surface area contributed by atoms with Crippen LogP contribution in [0.2, 0.25) is 0 Å². The van der Waals surface area contributed by atoms with Crippen molar-refractivity contribution < 1.29 is 0 Å². The van der Waals surface area contributed by atoms with Gasteiger partial charge in [-0.1, -0.05) is 19.8 Å². The van der Waals surface area contributed by atoms with Gasteiger partial charge in [0.15, 0.2) is 0 Å². The van der Waals surface area contributed by atoms with Crippen LogP contribution in [0.1, 0.15) is 13.8 Å². The van der Waals surface area contributed by atoms with E-state index in [4.69, 9.17) is 6.42 Å². The fourth-order valence-corrected chi connectivity index (χ4v) is 0.576. The molecule has 0 aliphatic rings. The summed E-state index contributed by atoms with van der Waals surface area (Å²) in [5.41, 5.74) is 0. The summed E-state index contributed by atoms with van der Waals surface area (Å²) in [5, 5.41) is 0. The van der Waals surface area contributed by atoms with Gasteiger partial charge in [0, 0.05) is 0 Å². The average Bonchev–Trinajstić information content (AvgIpc) is 1.83. The SMILES string of the molecule is C#CCN(CC)CC.Cl. The molecule has 1 nitrogen and oxygen atoms in total. The van der Waals surface area contributed by atoms with Crippen LogP contribution >= 0.6 is 12.4 Å². The lowest BCUT2D eigenvalue weighted by atomic mass is 10.5. The van der Waals surface area contributed by atoms with Gasteiger partial charge in [0.05, 0.1) is 6.54 Å². The summed E-state index contributed by atoms with van der Waals surface area (Å²) in [6.07, 6.45) is 5.09. The molecule has 0 amide bonds. The number of rotatable bonds is 3. The Bertz CT molecular complexity index is 81.4. The number of hydrogen-bond donors (Lipinski definition) is 0. The van der Waals surface area contributed by atoms with E-state index < -0.39 is 0 Å². The van der Waals surface area contributed by atoms with E-state index in [1.807, 2.05) is 0 Å². The van der Waals surface area contributed by atoms with Crippen molar-refractivity contribution in [1.29, 1.82) is 0 Å². The zero-order valence-corrected chi connectivity index (χ0v) is 6.87. The smallest absolute Gasteiger partial charge is 0.0598 e. The van der Waals surface area contributed by atoms with Crippen molar-refractivity contribution in [3.05, 3.63) is 0 Å². The maximum atomic E-state index is 5.09. The van der Waals surface area contributed by atoms with Crippen molar-refractivity contribution in [3.8, 4) is 12.3 Å². The summed E-state index contributed by atoms with van der Waals surface area (Å²) in [6.45, 7) is 7.12. The van der Waals surface area contributed by atoms with E-state index in [9.17, 15) is 0 Å². The van der Waals surface area contributed by atoms with Crippen molar-refractivity contribution in [2.24, 2.45) is 0 Å². The topological polar surface area (TPSA) is 3.24 Å². The molecule has 0 fully saturated rings. The molecule has 0 aliphatic heterocycles. The third-order valence-electron chi connectivity index (χ3n) is 1.21. The van der Waals surface area contributed by atoms with Crippen molar-refractivity contribution in [2.75, 3.05) is 19.6 Å². The summed E-state index contributed by atoms with van der Waals surface area (Å²) in [7, 11) is 0. The second-order valence-electron chi connectivity index (χ2n) is 1.67. The number of terminal acetylenes is 1. The van der Waals surface area contributed by atoms with Crippen LogP contribution in [0.5, 0.6) is 0 Å². The van der Waals surface area contributed by atoms with Crippen LogP contribution in [0.4, 0.5) is 0 Å². The molecule has 0 saturated carbocycles. The van der Waals surface area contributed by atoms with E-state index in [1.165, 1.54) is 0 Å². The molecular weight excluding hydrogens is 134 g/mol. The largest absolute Gasteiger partial charge is 0.293 e. The van der Waals surface area contributed by atoms with Crippen LogP contribution < -0.4 is 0 Å². The fraction of sp³-hybridized carbons (Fsp3) is 0.714. The Morgan fingerprint density at radius 2 is 1.78 bits per heavy atom. The first kappa shape index (κ1) is 11.6. The number of nitrogens with zero attached hydrogens (tertiary/aromatic N) is 1. The molecule has 0 aliphatic carbocycles. The minimum absolute atomic E-state index is 0. The van der Waals surface area contributed by atoms with Crippen molar-refractivity contribution in [1.82, 2.24) is 4.90 Å². The van der Waals surface area contributed by atoms with Gasteiger partial charge in [0.1, 0.15) is 0 Å². The van der Waals surface area contributed by atoms with Gasteiger partial charge in [0.25, 0.3) is 0 Å². The first-order chi connectivity index (χ1) is 3.85. The molecule has 0 bridgehead atoms. The summed E-state index contributed by atoms with van der Waals surface area (Å²) < 4.78 is 0. The summed E-state index contributed by atoms with van der Waals surface area (Å²) >= 11 is 0. The van der Waals surface area contributed by atoms with Crippen LogP contribution in [0.25, 0.3) is 0 Å². The van der Waals surface area contributed by atoms with E-state index >= 15 is 0 Å². The van der Waals surface area contributed by atoms with Gasteiger partial charge in [0.2, 0.25) is 0 Å². The summed E-state index contributed by atoms with van der Waals surface area (Å²) in [5.74, 6) is 2.60. The van der Waals surface area contributed by atoms with Gasteiger partial charge >= 0.3 is 0 Å². The quantitative estimate of drug-likeness (QED) is 0.546. The van der Waals surface area contributed by atoms with Crippen LogP contribution in [0, 0.1) is 12.3 Å². The second kappa shape index (κ2) is 7.81. The lowest BCUT2D eigenvalue weighted by Gasteiger charge is -2.12. The standard InChI is InChI=1S/C7H13N.ClH/c1-4-7-8(5-2)6-3;/h1H,5-7H2,2-3H3;1H. The maximum Gasteiger partial charge on any atom is 0.0598 e. The van der Waals surface area contributed by atoms with Gasteiger partial charge in [-0.3, -0.25) is 4.90 Å². The Balaban J connectivity index is 0. The number of hydrogen-bond acceptors (Lipinski definition) is 1. The van der Waals surface area contributed by atoms with Gasteiger partial charge in [-0.2, -0.15) is 0 Å². The zero-order valence-electron chi connectivity index (χ0n) is 6.05. The molecule has 0 unspecified atom stereocenters. The van der Waals surface area contributed by atoms with Gasteiger partial charge in [-0.15, -0.1) is 18.8 Å². The normalized spacial score (nSPS) is 8.22. The minimum Gasteiger partial charge on any atom is -0.293 e. The minimum atomic E-state index is 0. The molecule has 0 radical (unpaired) electrons. The maximum absolute atomic E-state index is 5.09. The van der Waals surface area contributed by atoms with E-state index in [-0.39, 0.29) is 12.4 Å². The molecule has 54 valence electrons. The van der Waals surface area contributed by atoms with Crippen LogP contribution in [-0.2, 0) is 0 Å². The molecule has 0 aromatic heterocycles. The third kappa shape index (κ3) is 5.68. The molecule has 9 heavy (non-hydrogen) atoms. The Morgan fingerprint density at radius 3 is 1.89 bits per heavy atom. The highest BCUT2D eigenvalue weighted by molar-refractivity contribution is 5.85. The van der Waals surface area contributed by atoms with Crippen LogP contribution in [-0.4, -0.2) is 24.5 Å². The molecule has 0 N–H and O–H groups in total. The first-order valence-corrected chi connectivity index (χ1v) is 3.01. The molecule has 0 heterocycles. The molecule has 0 spiro atoms. The van der Waals surface area contributed by atoms with Crippen molar-refractivity contribution >= 4 is 12.4 Å². The highest BCUT2D eigenvalue weighted by atomic mass is 35.5. The van der Waals surface area contributed by atoms with Crippen LogP contribution in [0.3, 0.4) is 0 Å². The van der Waals surface area contributed by atoms with E-state index in [1.54, 1.807) is 0 Å². The Morgan fingerprint density at radius 1 is 1.33 bits per heavy atom. The zero-order chi connectivity index (χ0) is 6.41. The van der Waals surface area contributed by atoms with Gasteiger partial charge in [-0.25, -0.2) is 0 Å². The fourth-order valence-electron chi connectivity index (χ4n) is 0.576. The Labute approximate surface area is 63.8 Å². The van der Waals surface area contributed by atoms with Crippen molar-refractivity contribution in [3.63, 3.8) is 0 Å². The van der Waals surface area contributed by atoms with Gasteiger partial charge in [-0.05, 0) is 13.1 Å². The molecule has 0 atom stereocenters. The Kier molecular flexibility index (Phi) is 10.1. The average molecular weight is 148 g/mol. The van der Waals surface area contributed by atoms with E-state index in [2.05, 4.69) is 24.7 Å². The molecule has 0 aromatic rings. The van der Waals surface area contributed by atoms with Gasteiger partial charge < -0.3 is 0 Å². The third-order valence-corrected chi connectivity index (χ3v) is 1.21. The van der Waals surface area contributed by atoms with E-state index in [0.717, 1.165) is 19.6 Å². The molecule has 0 saturated heterocycles. The monoisotopic (exact) mass is 147 g/mol.